The lowest BCUT2D eigenvalue weighted by molar-refractivity contribution is 0.189. The highest BCUT2D eigenvalue weighted by Gasteiger charge is 2.06. The highest BCUT2D eigenvalue weighted by Crippen LogP contribution is 2.09. The molecule has 0 aliphatic heterocycles. The second-order valence-corrected chi connectivity index (χ2v) is 4.56. The largest absolute Gasteiger partial charge is 0.238 e. The first-order valence-electron chi connectivity index (χ1n) is 4.24. The number of hydrogen-bond donors (Lipinski definition) is 1. The first-order chi connectivity index (χ1) is 6.54. The van der Waals surface area contributed by atoms with Gasteiger partial charge in [-0.2, -0.15) is 0 Å². The molecular weight excluding hydrogens is 202 g/mol. The number of benzene rings is 1. The van der Waals surface area contributed by atoms with E-state index in [4.69, 9.17) is 5.14 Å². The quantitative estimate of drug-likeness (QED) is 0.800. The van der Waals surface area contributed by atoms with E-state index >= 15 is 0 Å². The van der Waals surface area contributed by atoms with Gasteiger partial charge < -0.3 is 0 Å². The number of aryl methyl sites for hydroxylation is 1. The lowest BCUT2D eigenvalue weighted by Crippen LogP contribution is -2.11. The maximum Gasteiger partial charge on any atom is 0.238 e. The van der Waals surface area contributed by atoms with Crippen molar-refractivity contribution in [3.63, 3.8) is 0 Å². The molecule has 0 heterocycles. The average molecular weight is 214 g/mol. The SMILES string of the molecule is NS(=O)(=O)c1ccc(CCC[O])cc1. The molecule has 0 unspecified atom stereocenters. The van der Waals surface area contributed by atoms with E-state index in [-0.39, 0.29) is 11.5 Å². The second kappa shape index (κ2) is 4.54. The molecule has 0 saturated heterocycles. The van der Waals surface area contributed by atoms with Crippen molar-refractivity contribution in [1.29, 1.82) is 0 Å². The Morgan fingerprint density at radius 3 is 2.14 bits per heavy atom. The molecule has 77 valence electrons. The van der Waals surface area contributed by atoms with E-state index in [9.17, 15) is 13.5 Å². The van der Waals surface area contributed by atoms with Crippen molar-refractivity contribution in [3.8, 4) is 0 Å². The molecule has 2 N–H and O–H groups in total. The average Bonchev–Trinajstić information content (AvgIpc) is 2.14. The van der Waals surface area contributed by atoms with E-state index in [1.54, 1.807) is 12.1 Å². The number of rotatable bonds is 4. The van der Waals surface area contributed by atoms with Crippen LogP contribution in [0.5, 0.6) is 0 Å². The summed E-state index contributed by atoms with van der Waals surface area (Å²) in [6.07, 6.45) is 1.24. The van der Waals surface area contributed by atoms with Crippen molar-refractivity contribution in [1.82, 2.24) is 0 Å². The van der Waals surface area contributed by atoms with Crippen LogP contribution >= 0.6 is 0 Å². The maximum atomic E-state index is 10.9. The van der Waals surface area contributed by atoms with E-state index in [1.807, 2.05) is 0 Å². The van der Waals surface area contributed by atoms with Crippen LogP contribution in [0.2, 0.25) is 0 Å². The molecule has 5 heteroatoms. The Morgan fingerprint density at radius 1 is 1.14 bits per heavy atom. The van der Waals surface area contributed by atoms with Crippen molar-refractivity contribution in [2.24, 2.45) is 5.14 Å². The number of hydrogen-bond acceptors (Lipinski definition) is 2. The van der Waals surface area contributed by atoms with Crippen molar-refractivity contribution in [3.05, 3.63) is 29.8 Å². The summed E-state index contributed by atoms with van der Waals surface area (Å²) in [5.41, 5.74) is 0.952. The van der Waals surface area contributed by atoms with E-state index in [0.29, 0.717) is 12.8 Å². The Balaban J connectivity index is 2.79. The monoisotopic (exact) mass is 214 g/mol. The topological polar surface area (TPSA) is 80.1 Å². The fourth-order valence-corrected chi connectivity index (χ4v) is 1.64. The molecule has 0 saturated carbocycles. The Bertz CT molecular complexity index is 383. The summed E-state index contributed by atoms with van der Waals surface area (Å²) in [6, 6.07) is 6.26. The minimum absolute atomic E-state index is 0.100. The van der Waals surface area contributed by atoms with Gasteiger partial charge in [-0.25, -0.2) is 18.7 Å². The molecule has 0 bridgehead atoms. The van der Waals surface area contributed by atoms with Crippen LogP contribution in [-0.4, -0.2) is 15.0 Å². The Hall–Kier alpha value is -0.910. The van der Waals surface area contributed by atoms with Crippen molar-refractivity contribution >= 4 is 10.0 Å². The van der Waals surface area contributed by atoms with Gasteiger partial charge in [-0.05, 0) is 30.5 Å². The van der Waals surface area contributed by atoms with Gasteiger partial charge in [-0.3, -0.25) is 0 Å². The molecule has 0 aromatic heterocycles. The van der Waals surface area contributed by atoms with Gasteiger partial charge in [0.25, 0.3) is 0 Å². The van der Waals surface area contributed by atoms with E-state index in [1.165, 1.54) is 12.1 Å². The summed E-state index contributed by atoms with van der Waals surface area (Å²) in [6.45, 7) is -0.114. The third-order valence-corrected chi connectivity index (χ3v) is 2.79. The zero-order valence-corrected chi connectivity index (χ0v) is 8.46. The number of primary sulfonamides is 1. The lowest BCUT2D eigenvalue weighted by Gasteiger charge is -2.00. The van der Waals surface area contributed by atoms with Crippen molar-refractivity contribution in [2.75, 3.05) is 6.61 Å². The van der Waals surface area contributed by atoms with Gasteiger partial charge in [0, 0.05) is 0 Å². The predicted octanol–water partition coefficient (Wildman–Crippen LogP) is 0.697. The summed E-state index contributed by atoms with van der Waals surface area (Å²) in [5.74, 6) is 0. The highest BCUT2D eigenvalue weighted by molar-refractivity contribution is 7.89. The highest BCUT2D eigenvalue weighted by atomic mass is 32.2. The van der Waals surface area contributed by atoms with E-state index in [2.05, 4.69) is 0 Å². The number of sulfonamides is 1. The summed E-state index contributed by atoms with van der Waals surface area (Å²) in [4.78, 5) is 0.100. The number of nitrogens with two attached hydrogens (primary N) is 1. The molecule has 0 fully saturated rings. The molecule has 0 atom stereocenters. The van der Waals surface area contributed by atoms with Crippen LogP contribution < -0.4 is 5.14 Å². The van der Waals surface area contributed by atoms with Gasteiger partial charge in [0.2, 0.25) is 10.0 Å². The van der Waals surface area contributed by atoms with Crippen LogP contribution in [0.15, 0.2) is 29.2 Å². The van der Waals surface area contributed by atoms with Gasteiger partial charge in [-0.1, -0.05) is 12.1 Å². The van der Waals surface area contributed by atoms with Gasteiger partial charge >= 0.3 is 0 Å². The summed E-state index contributed by atoms with van der Waals surface area (Å²) >= 11 is 0. The minimum Gasteiger partial charge on any atom is -0.237 e. The van der Waals surface area contributed by atoms with Gasteiger partial charge in [-0.15, -0.1) is 0 Å². The van der Waals surface area contributed by atoms with Crippen molar-refractivity contribution in [2.45, 2.75) is 17.7 Å². The van der Waals surface area contributed by atoms with E-state index in [0.717, 1.165) is 5.56 Å². The Kier molecular flexibility index (Phi) is 3.62. The first-order valence-corrected chi connectivity index (χ1v) is 5.78. The zero-order chi connectivity index (χ0) is 10.6. The van der Waals surface area contributed by atoms with Gasteiger partial charge in [0.1, 0.15) is 0 Å². The molecule has 1 radical (unpaired) electrons. The molecule has 4 nitrogen and oxygen atoms in total. The second-order valence-electron chi connectivity index (χ2n) is 3.00. The third-order valence-electron chi connectivity index (χ3n) is 1.86. The van der Waals surface area contributed by atoms with Crippen LogP contribution in [0.4, 0.5) is 0 Å². The summed E-state index contributed by atoms with van der Waals surface area (Å²) in [7, 11) is -3.60. The normalized spacial score (nSPS) is 11.6. The van der Waals surface area contributed by atoms with Crippen LogP contribution in [0.1, 0.15) is 12.0 Å². The molecule has 0 amide bonds. The van der Waals surface area contributed by atoms with Crippen LogP contribution in [0, 0.1) is 0 Å². The first kappa shape index (κ1) is 11.2. The maximum absolute atomic E-state index is 10.9. The fourth-order valence-electron chi connectivity index (χ4n) is 1.12. The molecule has 0 aliphatic carbocycles. The van der Waals surface area contributed by atoms with Gasteiger partial charge in [0.15, 0.2) is 0 Å². The fraction of sp³-hybridized carbons (Fsp3) is 0.333. The van der Waals surface area contributed by atoms with E-state index < -0.39 is 10.0 Å². The van der Waals surface area contributed by atoms with Crippen LogP contribution in [0.25, 0.3) is 0 Å². The summed E-state index contributed by atoms with van der Waals surface area (Å²) < 4.78 is 21.8. The molecule has 0 spiro atoms. The molecule has 1 aromatic carbocycles. The standard InChI is InChI=1S/C9H12NO3S/c10-14(12,13)9-5-3-8(4-6-9)2-1-7-11/h3-6H,1-2,7H2,(H2,10,12,13). The third kappa shape index (κ3) is 3.10. The summed E-state index contributed by atoms with van der Waals surface area (Å²) in [5, 5.41) is 15.1. The minimum atomic E-state index is -3.60. The Morgan fingerprint density at radius 2 is 1.71 bits per heavy atom. The van der Waals surface area contributed by atoms with Gasteiger partial charge in [0.05, 0.1) is 11.5 Å². The molecular formula is C9H12NO3S. The molecule has 14 heavy (non-hydrogen) atoms. The zero-order valence-electron chi connectivity index (χ0n) is 7.64. The molecule has 1 aromatic rings. The Labute approximate surface area is 83.4 Å². The lowest BCUT2D eigenvalue weighted by atomic mass is 10.1. The molecule has 0 aliphatic rings. The smallest absolute Gasteiger partial charge is 0.237 e. The van der Waals surface area contributed by atoms with Crippen LogP contribution in [0.3, 0.4) is 0 Å². The molecule has 1 rings (SSSR count). The van der Waals surface area contributed by atoms with Crippen molar-refractivity contribution < 1.29 is 13.5 Å². The predicted molar refractivity (Wildman–Crippen MR) is 51.7 cm³/mol. The van der Waals surface area contributed by atoms with Crippen LogP contribution in [-0.2, 0) is 21.6 Å².